The zero-order valence-electron chi connectivity index (χ0n) is 16.7. The van der Waals surface area contributed by atoms with E-state index in [1.54, 1.807) is 37.4 Å². The predicted octanol–water partition coefficient (Wildman–Crippen LogP) is 2.88. The van der Waals surface area contributed by atoms with E-state index in [-0.39, 0.29) is 5.91 Å². The third-order valence-corrected chi connectivity index (χ3v) is 5.22. The lowest BCUT2D eigenvalue weighted by atomic mass is 10.1. The summed E-state index contributed by atoms with van der Waals surface area (Å²) < 4.78 is 0. The summed E-state index contributed by atoms with van der Waals surface area (Å²) in [7, 11) is 5.26. The molecule has 0 unspecified atom stereocenters. The Labute approximate surface area is 165 Å². The van der Waals surface area contributed by atoms with Gasteiger partial charge in [-0.3, -0.25) is 9.79 Å². The lowest BCUT2D eigenvalue weighted by molar-refractivity contribution is 0.0827. The first-order chi connectivity index (χ1) is 12.9. The summed E-state index contributed by atoms with van der Waals surface area (Å²) >= 11 is 1.72. The SMILES string of the molecule is CN=C(NCCc1csc(C(C)C)n1)NCc1ccc(C(=O)N(C)C)cc1. The van der Waals surface area contributed by atoms with Crippen LogP contribution >= 0.6 is 11.3 Å². The van der Waals surface area contributed by atoms with E-state index in [1.165, 1.54) is 5.01 Å². The molecule has 0 radical (unpaired) electrons. The summed E-state index contributed by atoms with van der Waals surface area (Å²) in [5.41, 5.74) is 2.90. The van der Waals surface area contributed by atoms with Crippen molar-refractivity contribution in [2.45, 2.75) is 32.7 Å². The lowest BCUT2D eigenvalue weighted by Crippen LogP contribution is -2.37. The van der Waals surface area contributed by atoms with Crippen LogP contribution in [-0.4, -0.2) is 49.4 Å². The highest BCUT2D eigenvalue weighted by atomic mass is 32.1. The van der Waals surface area contributed by atoms with Crippen LogP contribution in [0.5, 0.6) is 0 Å². The lowest BCUT2D eigenvalue weighted by Gasteiger charge is -2.13. The molecule has 0 saturated heterocycles. The van der Waals surface area contributed by atoms with E-state index >= 15 is 0 Å². The number of thiazole rings is 1. The van der Waals surface area contributed by atoms with Crippen molar-refractivity contribution in [3.63, 3.8) is 0 Å². The molecule has 2 N–H and O–H groups in total. The number of guanidine groups is 1. The molecule has 2 aromatic rings. The first kappa shape index (κ1) is 20.9. The molecule has 7 heteroatoms. The fourth-order valence-corrected chi connectivity index (χ4v) is 3.31. The van der Waals surface area contributed by atoms with E-state index in [0.717, 1.165) is 30.2 Å². The number of carbonyl (C=O) groups excluding carboxylic acids is 1. The quantitative estimate of drug-likeness (QED) is 0.566. The molecule has 0 bridgehead atoms. The summed E-state index contributed by atoms with van der Waals surface area (Å²) in [6.45, 7) is 5.74. The minimum absolute atomic E-state index is 0.00893. The molecule has 1 amide bonds. The monoisotopic (exact) mass is 387 g/mol. The van der Waals surface area contributed by atoms with Gasteiger partial charge in [-0.1, -0.05) is 26.0 Å². The van der Waals surface area contributed by atoms with Crippen LogP contribution in [-0.2, 0) is 13.0 Å². The smallest absolute Gasteiger partial charge is 0.253 e. The van der Waals surface area contributed by atoms with E-state index in [9.17, 15) is 4.79 Å². The molecule has 0 aliphatic heterocycles. The Hall–Kier alpha value is -2.41. The summed E-state index contributed by atoms with van der Waals surface area (Å²) in [5.74, 6) is 1.24. The fraction of sp³-hybridized carbons (Fsp3) is 0.450. The second-order valence-electron chi connectivity index (χ2n) is 6.83. The van der Waals surface area contributed by atoms with Crippen LogP contribution in [0.3, 0.4) is 0 Å². The Kier molecular flexibility index (Phi) is 7.79. The number of nitrogens with zero attached hydrogens (tertiary/aromatic N) is 3. The molecule has 2 rings (SSSR count). The molecule has 1 aromatic heterocycles. The van der Waals surface area contributed by atoms with Gasteiger partial charge in [0.1, 0.15) is 0 Å². The van der Waals surface area contributed by atoms with E-state index in [1.807, 2.05) is 24.3 Å². The number of hydrogen-bond acceptors (Lipinski definition) is 4. The van der Waals surface area contributed by atoms with Crippen molar-refractivity contribution in [2.75, 3.05) is 27.7 Å². The summed E-state index contributed by atoms with van der Waals surface area (Å²) in [4.78, 5) is 22.4. The zero-order chi connectivity index (χ0) is 19.8. The van der Waals surface area contributed by atoms with Gasteiger partial charge in [-0.25, -0.2) is 4.98 Å². The second kappa shape index (κ2) is 10.1. The van der Waals surface area contributed by atoms with Crippen molar-refractivity contribution in [1.29, 1.82) is 0 Å². The Bertz CT molecular complexity index is 765. The molecule has 0 saturated carbocycles. The van der Waals surface area contributed by atoms with Crippen molar-refractivity contribution in [2.24, 2.45) is 4.99 Å². The maximum Gasteiger partial charge on any atom is 0.253 e. The van der Waals surface area contributed by atoms with Crippen molar-refractivity contribution in [3.05, 3.63) is 51.5 Å². The van der Waals surface area contributed by atoms with Crippen LogP contribution in [0.15, 0.2) is 34.6 Å². The van der Waals surface area contributed by atoms with Gasteiger partial charge in [-0.2, -0.15) is 0 Å². The molecule has 0 spiro atoms. The van der Waals surface area contributed by atoms with Crippen LogP contribution < -0.4 is 10.6 Å². The van der Waals surface area contributed by atoms with Crippen molar-refractivity contribution >= 4 is 23.2 Å². The molecule has 1 heterocycles. The van der Waals surface area contributed by atoms with E-state index in [4.69, 9.17) is 0 Å². The van der Waals surface area contributed by atoms with Gasteiger partial charge in [0.05, 0.1) is 10.7 Å². The highest BCUT2D eigenvalue weighted by molar-refractivity contribution is 7.09. The Morgan fingerprint density at radius 1 is 1.22 bits per heavy atom. The maximum atomic E-state index is 11.9. The Balaban J connectivity index is 1.78. The van der Waals surface area contributed by atoms with Gasteiger partial charge in [0, 0.05) is 57.5 Å². The van der Waals surface area contributed by atoms with Gasteiger partial charge >= 0.3 is 0 Å². The summed E-state index contributed by atoms with van der Waals surface area (Å²) in [6, 6.07) is 7.62. The van der Waals surface area contributed by atoms with Crippen LogP contribution in [0, 0.1) is 0 Å². The van der Waals surface area contributed by atoms with Crippen LogP contribution in [0.25, 0.3) is 0 Å². The number of rotatable bonds is 7. The molecule has 146 valence electrons. The van der Waals surface area contributed by atoms with E-state index in [2.05, 4.69) is 39.8 Å². The van der Waals surface area contributed by atoms with Gasteiger partial charge in [0.15, 0.2) is 5.96 Å². The van der Waals surface area contributed by atoms with Gasteiger partial charge < -0.3 is 15.5 Å². The van der Waals surface area contributed by atoms with Gasteiger partial charge in [0.25, 0.3) is 5.91 Å². The first-order valence-corrected chi connectivity index (χ1v) is 9.98. The molecular weight excluding hydrogens is 358 g/mol. The topological polar surface area (TPSA) is 69.6 Å². The number of hydrogen-bond donors (Lipinski definition) is 2. The summed E-state index contributed by atoms with van der Waals surface area (Å²) in [6.07, 6.45) is 0.866. The highest BCUT2D eigenvalue weighted by Gasteiger charge is 2.08. The largest absolute Gasteiger partial charge is 0.356 e. The van der Waals surface area contributed by atoms with Gasteiger partial charge in [-0.15, -0.1) is 11.3 Å². The molecular formula is C20H29N5OS. The Morgan fingerprint density at radius 2 is 1.93 bits per heavy atom. The normalized spacial score (nSPS) is 11.6. The van der Waals surface area contributed by atoms with Gasteiger partial charge in [-0.05, 0) is 17.7 Å². The predicted molar refractivity (Wildman–Crippen MR) is 113 cm³/mol. The molecule has 27 heavy (non-hydrogen) atoms. The zero-order valence-corrected chi connectivity index (χ0v) is 17.6. The minimum atomic E-state index is 0.00893. The summed E-state index contributed by atoms with van der Waals surface area (Å²) in [5, 5.41) is 9.92. The minimum Gasteiger partial charge on any atom is -0.356 e. The third kappa shape index (κ3) is 6.36. The van der Waals surface area contributed by atoms with Crippen LogP contribution in [0.4, 0.5) is 0 Å². The van der Waals surface area contributed by atoms with Crippen molar-refractivity contribution in [1.82, 2.24) is 20.5 Å². The second-order valence-corrected chi connectivity index (χ2v) is 7.72. The molecule has 1 aromatic carbocycles. The number of nitrogens with one attached hydrogen (secondary N) is 2. The van der Waals surface area contributed by atoms with Crippen LogP contribution in [0.2, 0.25) is 0 Å². The molecule has 0 aliphatic carbocycles. The van der Waals surface area contributed by atoms with Gasteiger partial charge in [0.2, 0.25) is 0 Å². The third-order valence-electron chi connectivity index (χ3n) is 4.03. The number of aliphatic imine (C=N–C) groups is 1. The first-order valence-electron chi connectivity index (χ1n) is 9.10. The Morgan fingerprint density at radius 3 is 2.48 bits per heavy atom. The molecule has 0 fully saturated rings. The standard InChI is InChI=1S/C20H29N5OS/c1-14(2)18-24-17(13-27-18)10-11-22-20(21-3)23-12-15-6-8-16(9-7-15)19(26)25(4)5/h6-9,13-14H,10-12H2,1-5H3,(H2,21,22,23). The molecule has 0 atom stereocenters. The van der Waals surface area contributed by atoms with Crippen LogP contribution in [0.1, 0.15) is 46.4 Å². The van der Waals surface area contributed by atoms with E-state index < -0.39 is 0 Å². The average Bonchev–Trinajstić information content (AvgIpc) is 3.13. The number of benzene rings is 1. The van der Waals surface area contributed by atoms with Crippen molar-refractivity contribution < 1.29 is 4.79 Å². The molecule has 0 aliphatic rings. The maximum absolute atomic E-state index is 11.9. The van der Waals surface area contributed by atoms with E-state index in [0.29, 0.717) is 18.0 Å². The number of carbonyl (C=O) groups is 1. The number of aromatic nitrogens is 1. The number of amides is 1. The average molecular weight is 388 g/mol. The van der Waals surface area contributed by atoms with Crippen molar-refractivity contribution in [3.8, 4) is 0 Å². The fourth-order valence-electron chi connectivity index (χ4n) is 2.44. The molecule has 6 nitrogen and oxygen atoms in total. The highest BCUT2D eigenvalue weighted by Crippen LogP contribution is 2.19.